The van der Waals surface area contributed by atoms with Crippen LogP contribution in [0.4, 0.5) is 11.6 Å². The molecule has 0 atom stereocenters. The van der Waals surface area contributed by atoms with E-state index in [1.807, 2.05) is 31.2 Å². The quantitative estimate of drug-likeness (QED) is 0.200. The van der Waals surface area contributed by atoms with E-state index in [2.05, 4.69) is 26.0 Å². The molecule has 0 radical (unpaired) electrons. The van der Waals surface area contributed by atoms with Gasteiger partial charge in [-0.25, -0.2) is 10.1 Å². The van der Waals surface area contributed by atoms with Crippen LogP contribution in [0.2, 0.25) is 0 Å². The lowest BCUT2D eigenvalue weighted by atomic mass is 10.1. The number of ether oxygens (including phenoxy) is 2. The largest absolute Gasteiger partial charge is 0.497 e. The van der Waals surface area contributed by atoms with Gasteiger partial charge < -0.3 is 20.6 Å². The van der Waals surface area contributed by atoms with Crippen LogP contribution < -0.4 is 26.1 Å². The standard InChI is InChI=1S/C20H23N7O3S/c1-13(14-5-4-6-17(11-14)30-3)23-24-19-25-26-20(27(19)21)31-12-18(28)22-15-7-9-16(29-2)10-8-15/h4-11H,12,21H2,1-3H3,(H,22,28)(H,24,25)/b23-13+. The fourth-order valence-electron chi connectivity index (χ4n) is 2.50. The molecule has 0 bridgehead atoms. The van der Waals surface area contributed by atoms with Gasteiger partial charge in [-0.1, -0.05) is 23.9 Å². The Balaban J connectivity index is 1.56. The molecule has 0 saturated heterocycles. The number of nitrogens with two attached hydrogens (primary N) is 1. The second kappa shape index (κ2) is 10.3. The number of nitrogens with one attached hydrogen (secondary N) is 2. The number of hydrogen-bond acceptors (Lipinski definition) is 9. The first-order valence-corrected chi connectivity index (χ1v) is 10.2. The van der Waals surface area contributed by atoms with E-state index in [4.69, 9.17) is 15.3 Å². The molecule has 0 fully saturated rings. The topological polar surface area (TPSA) is 129 Å². The number of nitrogens with zero attached hydrogens (tertiary/aromatic N) is 4. The van der Waals surface area contributed by atoms with Crippen molar-refractivity contribution in [3.63, 3.8) is 0 Å². The lowest BCUT2D eigenvalue weighted by Gasteiger charge is -2.07. The van der Waals surface area contributed by atoms with Crippen LogP contribution in [0.15, 0.2) is 58.8 Å². The van der Waals surface area contributed by atoms with E-state index in [9.17, 15) is 4.79 Å². The minimum absolute atomic E-state index is 0.119. The van der Waals surface area contributed by atoms with E-state index in [1.54, 1.807) is 38.5 Å². The normalized spacial score (nSPS) is 11.1. The van der Waals surface area contributed by atoms with Gasteiger partial charge >= 0.3 is 0 Å². The van der Waals surface area contributed by atoms with Crippen LogP contribution in [0.25, 0.3) is 0 Å². The van der Waals surface area contributed by atoms with Crippen LogP contribution in [-0.2, 0) is 4.79 Å². The number of amides is 1. The second-order valence-corrected chi connectivity index (χ2v) is 7.23. The van der Waals surface area contributed by atoms with Crippen LogP contribution in [0, 0.1) is 0 Å². The Hall–Kier alpha value is -3.73. The highest BCUT2D eigenvalue weighted by molar-refractivity contribution is 7.99. The van der Waals surface area contributed by atoms with E-state index in [0.717, 1.165) is 28.8 Å². The molecule has 31 heavy (non-hydrogen) atoms. The Kier molecular flexibility index (Phi) is 7.33. The number of hydrazone groups is 1. The van der Waals surface area contributed by atoms with Gasteiger partial charge in [0.2, 0.25) is 11.1 Å². The molecule has 0 spiro atoms. The molecule has 3 aromatic rings. The van der Waals surface area contributed by atoms with Crippen molar-refractivity contribution in [2.45, 2.75) is 12.1 Å². The Morgan fingerprint density at radius 1 is 1.13 bits per heavy atom. The maximum Gasteiger partial charge on any atom is 0.264 e. The maximum absolute atomic E-state index is 12.2. The average molecular weight is 442 g/mol. The first-order chi connectivity index (χ1) is 15.0. The van der Waals surface area contributed by atoms with Crippen LogP contribution in [-0.4, -0.2) is 46.5 Å². The highest BCUT2D eigenvalue weighted by Crippen LogP contribution is 2.19. The van der Waals surface area contributed by atoms with Crippen molar-refractivity contribution in [1.29, 1.82) is 0 Å². The molecular weight excluding hydrogens is 418 g/mol. The fourth-order valence-corrected chi connectivity index (χ4v) is 3.16. The number of carbonyl (C=O) groups excluding carboxylic acids is 1. The van der Waals surface area contributed by atoms with Gasteiger partial charge in [0.25, 0.3) is 5.95 Å². The molecule has 1 aromatic heterocycles. The van der Waals surface area contributed by atoms with E-state index in [1.165, 1.54) is 4.68 Å². The summed E-state index contributed by atoms with van der Waals surface area (Å²) in [4.78, 5) is 12.2. The first-order valence-electron chi connectivity index (χ1n) is 9.22. The summed E-state index contributed by atoms with van der Waals surface area (Å²) in [6.07, 6.45) is 0. The number of nitrogen functional groups attached to an aromatic ring is 1. The smallest absolute Gasteiger partial charge is 0.264 e. The SMILES string of the molecule is COc1ccc(NC(=O)CSc2nnc(N/N=C(\C)c3cccc(OC)c3)n2N)cc1. The molecule has 1 amide bonds. The average Bonchev–Trinajstić information content (AvgIpc) is 3.15. The Morgan fingerprint density at radius 3 is 2.58 bits per heavy atom. The van der Waals surface area contributed by atoms with Crippen molar-refractivity contribution >= 4 is 35.0 Å². The fraction of sp³-hybridized carbons (Fsp3) is 0.200. The molecule has 0 aliphatic rings. The molecule has 0 aliphatic carbocycles. The number of thioether (sulfide) groups is 1. The third-order valence-electron chi connectivity index (χ3n) is 4.18. The highest BCUT2D eigenvalue weighted by Gasteiger charge is 2.12. The van der Waals surface area contributed by atoms with Gasteiger partial charge in [0.1, 0.15) is 11.5 Å². The summed E-state index contributed by atoms with van der Waals surface area (Å²) >= 11 is 1.16. The summed E-state index contributed by atoms with van der Waals surface area (Å²) in [6, 6.07) is 14.6. The first kappa shape index (κ1) is 22.0. The van der Waals surface area contributed by atoms with Crippen LogP contribution in [0.1, 0.15) is 12.5 Å². The van der Waals surface area contributed by atoms with Crippen LogP contribution in [0.3, 0.4) is 0 Å². The molecule has 0 aliphatic heterocycles. The van der Waals surface area contributed by atoms with Crippen molar-refractivity contribution in [2.24, 2.45) is 5.10 Å². The van der Waals surface area contributed by atoms with Crippen molar-refractivity contribution in [3.05, 3.63) is 54.1 Å². The molecule has 0 unspecified atom stereocenters. The summed E-state index contributed by atoms with van der Waals surface area (Å²) in [5.74, 6) is 7.64. The molecular formula is C20H23N7O3S. The number of benzene rings is 2. The van der Waals surface area contributed by atoms with Crippen LogP contribution in [0.5, 0.6) is 11.5 Å². The minimum atomic E-state index is -0.195. The predicted octanol–water partition coefficient (Wildman–Crippen LogP) is 2.58. The number of hydrogen-bond donors (Lipinski definition) is 3. The molecule has 11 heteroatoms. The molecule has 0 saturated carbocycles. The number of carbonyl (C=O) groups is 1. The van der Waals surface area contributed by atoms with Crippen LogP contribution >= 0.6 is 11.8 Å². The monoisotopic (exact) mass is 441 g/mol. The van der Waals surface area contributed by atoms with Crippen molar-refractivity contribution in [2.75, 3.05) is 36.6 Å². The minimum Gasteiger partial charge on any atom is -0.497 e. The Bertz CT molecular complexity index is 1070. The Morgan fingerprint density at radius 2 is 1.87 bits per heavy atom. The molecule has 2 aromatic carbocycles. The number of methoxy groups -OCH3 is 2. The van der Waals surface area contributed by atoms with Crippen molar-refractivity contribution in [1.82, 2.24) is 14.9 Å². The Labute approximate surface area is 183 Å². The zero-order valence-corrected chi connectivity index (χ0v) is 18.1. The molecule has 10 nitrogen and oxygen atoms in total. The summed E-state index contributed by atoms with van der Waals surface area (Å²) < 4.78 is 11.6. The van der Waals surface area contributed by atoms with E-state index in [-0.39, 0.29) is 17.6 Å². The maximum atomic E-state index is 12.2. The second-order valence-electron chi connectivity index (χ2n) is 6.28. The van der Waals surface area contributed by atoms with E-state index in [0.29, 0.717) is 16.6 Å². The lowest BCUT2D eigenvalue weighted by molar-refractivity contribution is -0.113. The zero-order valence-electron chi connectivity index (χ0n) is 17.3. The highest BCUT2D eigenvalue weighted by atomic mass is 32.2. The van der Waals surface area contributed by atoms with Gasteiger partial charge in [-0.15, -0.1) is 10.2 Å². The summed E-state index contributed by atoms with van der Waals surface area (Å²) in [5.41, 5.74) is 5.07. The zero-order chi connectivity index (χ0) is 22.2. The summed E-state index contributed by atoms with van der Waals surface area (Å²) in [7, 11) is 3.19. The number of rotatable bonds is 9. The van der Waals surface area contributed by atoms with Gasteiger partial charge in [-0.3, -0.25) is 4.79 Å². The van der Waals surface area contributed by atoms with Gasteiger partial charge in [0.15, 0.2) is 0 Å². The van der Waals surface area contributed by atoms with Gasteiger partial charge in [0.05, 0.1) is 25.7 Å². The third kappa shape index (κ3) is 5.89. The van der Waals surface area contributed by atoms with Gasteiger partial charge in [-0.2, -0.15) is 5.10 Å². The lowest BCUT2D eigenvalue weighted by Crippen LogP contribution is -2.17. The number of anilines is 2. The number of aromatic nitrogens is 3. The van der Waals surface area contributed by atoms with Crippen molar-refractivity contribution < 1.29 is 14.3 Å². The van der Waals surface area contributed by atoms with Crippen molar-refractivity contribution in [3.8, 4) is 11.5 Å². The summed E-state index contributed by atoms with van der Waals surface area (Å²) in [5, 5.41) is 15.4. The summed E-state index contributed by atoms with van der Waals surface area (Å²) in [6.45, 7) is 1.85. The molecule has 3 rings (SSSR count). The van der Waals surface area contributed by atoms with Gasteiger partial charge in [0, 0.05) is 11.3 Å². The van der Waals surface area contributed by atoms with Gasteiger partial charge in [-0.05, 0) is 43.3 Å². The molecule has 4 N–H and O–H groups in total. The third-order valence-corrected chi connectivity index (χ3v) is 5.12. The van der Waals surface area contributed by atoms with E-state index < -0.39 is 0 Å². The molecule has 162 valence electrons. The molecule has 1 heterocycles. The van der Waals surface area contributed by atoms with E-state index >= 15 is 0 Å². The predicted molar refractivity (Wildman–Crippen MR) is 121 cm³/mol.